The van der Waals surface area contributed by atoms with E-state index in [2.05, 4.69) is 20.7 Å². The molecule has 1 N–H and O–H groups in total. The van der Waals surface area contributed by atoms with Gasteiger partial charge >= 0.3 is 0 Å². The standard InChI is InChI=1S/C26H24N6O4S2/c1-35-19-10-8-18(9-11-19)24(26(34)27-15-21-6-3-13-37-21)31(16-20-5-2-12-36-20)23(33)17-32-29-25(28-30-32)22-7-4-14-38-22/h2-14,24H,15-17H2,1H3,(H,27,34). The van der Waals surface area contributed by atoms with Crippen molar-refractivity contribution < 1.29 is 18.7 Å². The van der Waals surface area contributed by atoms with Gasteiger partial charge in [-0.15, -0.1) is 32.9 Å². The number of rotatable bonds is 11. The van der Waals surface area contributed by atoms with Crippen LogP contribution in [0, 0.1) is 0 Å². The minimum atomic E-state index is -0.946. The number of nitrogens with zero attached hydrogens (tertiary/aromatic N) is 5. The van der Waals surface area contributed by atoms with Crippen molar-refractivity contribution in [3.05, 3.63) is 93.9 Å². The molecule has 0 spiro atoms. The molecule has 12 heteroatoms. The molecule has 4 heterocycles. The van der Waals surface area contributed by atoms with Gasteiger partial charge in [0, 0.05) is 4.88 Å². The van der Waals surface area contributed by atoms with Crippen LogP contribution >= 0.6 is 22.7 Å². The summed E-state index contributed by atoms with van der Waals surface area (Å²) in [4.78, 5) is 32.0. The molecule has 5 rings (SSSR count). The predicted molar refractivity (Wildman–Crippen MR) is 142 cm³/mol. The first-order valence-electron chi connectivity index (χ1n) is 11.7. The molecule has 0 aliphatic heterocycles. The maximum Gasteiger partial charge on any atom is 0.247 e. The van der Waals surface area contributed by atoms with Crippen LogP contribution in [0.2, 0.25) is 0 Å². The van der Waals surface area contributed by atoms with E-state index in [1.165, 1.54) is 27.3 Å². The summed E-state index contributed by atoms with van der Waals surface area (Å²) in [5.74, 6) is 0.917. The molecule has 2 amide bonds. The molecular formula is C26H24N6O4S2. The van der Waals surface area contributed by atoms with Gasteiger partial charge in [-0.1, -0.05) is 24.3 Å². The van der Waals surface area contributed by atoms with Crippen molar-refractivity contribution in [2.24, 2.45) is 0 Å². The number of methoxy groups -OCH3 is 1. The molecule has 0 fully saturated rings. The first-order chi connectivity index (χ1) is 18.6. The number of hydrogen-bond acceptors (Lipinski definition) is 9. The lowest BCUT2D eigenvalue weighted by molar-refractivity contribution is -0.142. The Bertz CT molecular complexity index is 1450. The monoisotopic (exact) mass is 548 g/mol. The number of carbonyl (C=O) groups excluding carboxylic acids is 2. The van der Waals surface area contributed by atoms with Gasteiger partial charge in [0.1, 0.15) is 24.1 Å². The number of carbonyl (C=O) groups is 2. The molecule has 0 saturated carbocycles. The lowest BCUT2D eigenvalue weighted by Crippen LogP contribution is -2.44. The van der Waals surface area contributed by atoms with E-state index in [-0.39, 0.29) is 24.9 Å². The van der Waals surface area contributed by atoms with Crippen molar-refractivity contribution in [3.63, 3.8) is 0 Å². The van der Waals surface area contributed by atoms with E-state index in [9.17, 15) is 9.59 Å². The van der Waals surface area contributed by atoms with E-state index in [0.717, 1.165) is 9.75 Å². The average molecular weight is 549 g/mol. The number of ether oxygens (including phenoxy) is 1. The first-order valence-corrected chi connectivity index (χ1v) is 13.4. The number of thiophene rings is 2. The third-order valence-electron chi connectivity index (χ3n) is 5.71. The summed E-state index contributed by atoms with van der Waals surface area (Å²) in [5, 5.41) is 19.3. The number of hydrogen-bond donors (Lipinski definition) is 1. The SMILES string of the molecule is COc1ccc(C(C(=O)NCc2cccs2)N(Cc2ccco2)C(=O)Cn2nnc(-c3cccs3)n2)cc1. The predicted octanol–water partition coefficient (Wildman–Crippen LogP) is 4.15. The van der Waals surface area contributed by atoms with E-state index in [1.807, 2.05) is 35.0 Å². The Morgan fingerprint density at radius 1 is 1.08 bits per heavy atom. The van der Waals surface area contributed by atoms with Gasteiger partial charge in [-0.05, 0) is 57.9 Å². The summed E-state index contributed by atoms with van der Waals surface area (Å²) in [5.41, 5.74) is 0.625. The highest BCUT2D eigenvalue weighted by Gasteiger charge is 2.33. The molecule has 0 saturated heterocycles. The Labute approximate surface area is 226 Å². The van der Waals surface area contributed by atoms with Gasteiger partial charge in [-0.2, -0.15) is 4.80 Å². The number of benzene rings is 1. The number of aromatic nitrogens is 4. The van der Waals surface area contributed by atoms with Gasteiger partial charge in [-0.3, -0.25) is 9.59 Å². The van der Waals surface area contributed by atoms with E-state index in [4.69, 9.17) is 9.15 Å². The Morgan fingerprint density at radius 3 is 2.58 bits per heavy atom. The molecule has 4 aromatic heterocycles. The van der Waals surface area contributed by atoms with Gasteiger partial charge in [0.15, 0.2) is 0 Å². The lowest BCUT2D eigenvalue weighted by atomic mass is 10.0. The molecule has 1 unspecified atom stereocenters. The zero-order valence-corrected chi connectivity index (χ0v) is 22.0. The van der Waals surface area contributed by atoms with Gasteiger partial charge in [0.05, 0.1) is 31.3 Å². The quantitative estimate of drug-likeness (QED) is 0.264. The highest BCUT2D eigenvalue weighted by Crippen LogP contribution is 2.27. The van der Waals surface area contributed by atoms with Crippen LogP contribution in [0.15, 0.2) is 82.1 Å². The second kappa shape index (κ2) is 11.8. The zero-order chi connectivity index (χ0) is 26.3. The Kier molecular flexibility index (Phi) is 7.90. The minimum Gasteiger partial charge on any atom is -0.497 e. The molecule has 0 radical (unpaired) electrons. The number of amides is 2. The Hall–Kier alpha value is -4.29. The number of tetrazole rings is 1. The van der Waals surface area contributed by atoms with Crippen molar-refractivity contribution in [2.45, 2.75) is 25.7 Å². The van der Waals surface area contributed by atoms with Crippen LogP contribution in [0.4, 0.5) is 0 Å². The molecule has 0 aliphatic rings. The fourth-order valence-corrected chi connectivity index (χ4v) is 5.16. The minimum absolute atomic E-state index is 0.0709. The Balaban J connectivity index is 1.45. The summed E-state index contributed by atoms with van der Waals surface area (Å²) in [7, 11) is 1.57. The average Bonchev–Trinajstić information content (AvgIpc) is 3.76. The highest BCUT2D eigenvalue weighted by atomic mass is 32.1. The molecule has 38 heavy (non-hydrogen) atoms. The maximum atomic E-state index is 13.8. The van der Waals surface area contributed by atoms with Crippen molar-refractivity contribution in [1.29, 1.82) is 0 Å². The van der Waals surface area contributed by atoms with Crippen LogP contribution < -0.4 is 10.1 Å². The van der Waals surface area contributed by atoms with Gasteiger partial charge in [0.25, 0.3) is 0 Å². The van der Waals surface area contributed by atoms with Crippen molar-refractivity contribution >= 4 is 34.5 Å². The maximum absolute atomic E-state index is 13.8. The van der Waals surface area contributed by atoms with Gasteiger partial charge in [-0.25, -0.2) is 0 Å². The van der Waals surface area contributed by atoms with E-state index in [0.29, 0.717) is 29.4 Å². The van der Waals surface area contributed by atoms with Crippen LogP contribution in [-0.2, 0) is 29.2 Å². The fraction of sp³-hybridized carbons (Fsp3) is 0.192. The zero-order valence-electron chi connectivity index (χ0n) is 20.4. The number of furan rings is 1. The summed E-state index contributed by atoms with van der Waals surface area (Å²) in [6, 6.07) is 17.3. The van der Waals surface area contributed by atoms with Crippen LogP contribution in [-0.4, -0.2) is 44.0 Å². The first kappa shape index (κ1) is 25.4. The Morgan fingerprint density at radius 2 is 1.89 bits per heavy atom. The number of nitrogens with one attached hydrogen (secondary N) is 1. The van der Waals surface area contributed by atoms with Crippen molar-refractivity contribution in [2.75, 3.05) is 7.11 Å². The summed E-state index contributed by atoms with van der Waals surface area (Å²) in [6.45, 7) is 0.214. The van der Waals surface area contributed by atoms with E-state index >= 15 is 0 Å². The molecule has 10 nitrogen and oxygen atoms in total. The van der Waals surface area contributed by atoms with Crippen LogP contribution in [0.5, 0.6) is 5.75 Å². The third-order valence-corrected chi connectivity index (χ3v) is 7.45. The lowest BCUT2D eigenvalue weighted by Gasteiger charge is -2.30. The topological polar surface area (TPSA) is 115 Å². The normalized spacial score (nSPS) is 11.7. The van der Waals surface area contributed by atoms with Crippen molar-refractivity contribution in [1.82, 2.24) is 30.4 Å². The van der Waals surface area contributed by atoms with Gasteiger partial charge < -0.3 is 19.4 Å². The van der Waals surface area contributed by atoms with Crippen LogP contribution in [0.25, 0.3) is 10.7 Å². The summed E-state index contributed by atoms with van der Waals surface area (Å²) >= 11 is 3.03. The molecule has 1 aromatic carbocycles. The van der Waals surface area contributed by atoms with E-state index in [1.54, 1.807) is 54.8 Å². The molecule has 5 aromatic rings. The third kappa shape index (κ3) is 5.98. The summed E-state index contributed by atoms with van der Waals surface area (Å²) < 4.78 is 10.8. The van der Waals surface area contributed by atoms with Crippen LogP contribution in [0.1, 0.15) is 22.2 Å². The van der Waals surface area contributed by atoms with Gasteiger partial charge in [0.2, 0.25) is 17.6 Å². The molecule has 0 aliphatic carbocycles. The molecule has 194 valence electrons. The second-order valence-electron chi connectivity index (χ2n) is 8.19. The van der Waals surface area contributed by atoms with Crippen LogP contribution in [0.3, 0.4) is 0 Å². The fourth-order valence-electron chi connectivity index (χ4n) is 3.86. The van der Waals surface area contributed by atoms with Crippen molar-refractivity contribution in [3.8, 4) is 16.5 Å². The van der Waals surface area contributed by atoms with E-state index < -0.39 is 6.04 Å². The second-order valence-corrected chi connectivity index (χ2v) is 10.2. The largest absolute Gasteiger partial charge is 0.497 e. The molecule has 0 bridgehead atoms. The summed E-state index contributed by atoms with van der Waals surface area (Å²) in [6.07, 6.45) is 1.53. The highest BCUT2D eigenvalue weighted by molar-refractivity contribution is 7.13. The molecule has 1 atom stereocenters. The molecular weight excluding hydrogens is 524 g/mol. The smallest absolute Gasteiger partial charge is 0.247 e.